The van der Waals surface area contributed by atoms with Crippen molar-refractivity contribution in [2.24, 2.45) is 0 Å². The van der Waals surface area contributed by atoms with Crippen LogP contribution < -0.4 is 15.0 Å². The minimum Gasteiger partial charge on any atom is -0.479 e. The van der Waals surface area contributed by atoms with Gasteiger partial charge in [-0.15, -0.1) is 0 Å². The van der Waals surface area contributed by atoms with Crippen molar-refractivity contribution in [3.8, 4) is 5.88 Å². The highest BCUT2D eigenvalue weighted by Crippen LogP contribution is 2.40. The van der Waals surface area contributed by atoms with Crippen LogP contribution in [0.2, 0.25) is 0 Å². The summed E-state index contributed by atoms with van der Waals surface area (Å²) in [6.45, 7) is 5.22. The maximum absolute atomic E-state index is 13.5. The van der Waals surface area contributed by atoms with Gasteiger partial charge in [0.05, 0.1) is 24.4 Å². The summed E-state index contributed by atoms with van der Waals surface area (Å²) in [7, 11) is 1.36. The van der Waals surface area contributed by atoms with Crippen LogP contribution in [-0.4, -0.2) is 65.0 Å². The molecule has 2 N–H and O–H groups in total. The molecule has 1 amide bonds. The molecule has 2 aliphatic heterocycles. The zero-order chi connectivity index (χ0) is 19.7. The fourth-order valence-corrected chi connectivity index (χ4v) is 3.94. The third-order valence-corrected chi connectivity index (χ3v) is 5.64. The molecule has 1 spiro atoms. The van der Waals surface area contributed by atoms with E-state index in [0.29, 0.717) is 51.3 Å². The quantitative estimate of drug-likeness (QED) is 0.803. The normalized spacial score (nSPS) is 27.4. The highest BCUT2D eigenvalue weighted by Gasteiger charge is 2.53. The molecular formula is C18H27FN4O4. The van der Waals surface area contributed by atoms with E-state index in [9.17, 15) is 14.3 Å². The number of nitrogens with zero attached hydrogens (tertiary/aromatic N) is 3. The van der Waals surface area contributed by atoms with Gasteiger partial charge < -0.3 is 24.8 Å². The second-order valence-electron chi connectivity index (χ2n) is 7.40. The van der Waals surface area contributed by atoms with E-state index in [2.05, 4.69) is 15.3 Å². The predicted octanol–water partition coefficient (Wildman–Crippen LogP) is 1.03. The largest absolute Gasteiger partial charge is 0.479 e. The van der Waals surface area contributed by atoms with E-state index in [1.807, 2.05) is 11.8 Å². The number of amides is 1. The fourth-order valence-electron chi connectivity index (χ4n) is 3.94. The van der Waals surface area contributed by atoms with E-state index in [1.165, 1.54) is 7.11 Å². The van der Waals surface area contributed by atoms with Gasteiger partial charge in [-0.25, -0.2) is 4.98 Å². The summed E-state index contributed by atoms with van der Waals surface area (Å²) in [5.74, 6) is -0.402. The van der Waals surface area contributed by atoms with Crippen LogP contribution in [0.1, 0.15) is 39.5 Å². The topological polar surface area (TPSA) is 96.8 Å². The highest BCUT2D eigenvalue weighted by molar-refractivity contribution is 5.76. The van der Waals surface area contributed by atoms with Crippen LogP contribution in [0.15, 0.2) is 6.20 Å². The van der Waals surface area contributed by atoms with Crippen molar-refractivity contribution in [1.82, 2.24) is 15.3 Å². The van der Waals surface area contributed by atoms with Crippen LogP contribution in [0.4, 0.5) is 10.3 Å². The average Bonchev–Trinajstić information content (AvgIpc) is 2.67. The number of hydrogen-bond donors (Lipinski definition) is 2. The summed E-state index contributed by atoms with van der Waals surface area (Å²) in [4.78, 5) is 22.0. The maximum Gasteiger partial charge on any atom is 0.255 e. The Bertz CT molecular complexity index is 696. The first kappa shape index (κ1) is 19.8. The van der Waals surface area contributed by atoms with Crippen LogP contribution in [0.5, 0.6) is 5.88 Å². The fraction of sp³-hybridized carbons (Fsp3) is 0.722. The number of nitrogens with one attached hydrogen (secondary N) is 1. The molecule has 8 nitrogen and oxygen atoms in total. The lowest BCUT2D eigenvalue weighted by atomic mass is 9.73. The Morgan fingerprint density at radius 2 is 2.19 bits per heavy atom. The van der Waals surface area contributed by atoms with E-state index in [0.717, 1.165) is 6.20 Å². The number of rotatable bonds is 4. The number of anilines is 1. The Morgan fingerprint density at radius 1 is 1.48 bits per heavy atom. The van der Waals surface area contributed by atoms with Crippen molar-refractivity contribution >= 4 is 11.9 Å². The smallest absolute Gasteiger partial charge is 0.255 e. The van der Waals surface area contributed by atoms with Crippen LogP contribution in [0.3, 0.4) is 0 Å². The number of aliphatic hydroxyl groups is 1. The lowest BCUT2D eigenvalue weighted by Gasteiger charge is -2.53. The number of halogens is 1. The Balaban J connectivity index is 1.72. The van der Waals surface area contributed by atoms with E-state index in [1.54, 1.807) is 6.92 Å². The average molecular weight is 382 g/mol. The molecule has 3 rings (SSSR count). The Labute approximate surface area is 158 Å². The molecule has 1 aromatic rings. The van der Waals surface area contributed by atoms with Crippen molar-refractivity contribution in [3.63, 3.8) is 0 Å². The van der Waals surface area contributed by atoms with E-state index < -0.39 is 23.1 Å². The van der Waals surface area contributed by atoms with Crippen molar-refractivity contribution in [1.29, 1.82) is 0 Å². The van der Waals surface area contributed by atoms with Gasteiger partial charge in [-0.05, 0) is 26.2 Å². The molecule has 0 saturated carbocycles. The molecule has 0 aliphatic carbocycles. The van der Waals surface area contributed by atoms with Gasteiger partial charge in [0.25, 0.3) is 5.88 Å². The number of methoxy groups -OCH3 is 1. The minimum atomic E-state index is -0.819. The second-order valence-corrected chi connectivity index (χ2v) is 7.40. The molecular weight excluding hydrogens is 355 g/mol. The first-order valence-electron chi connectivity index (χ1n) is 9.28. The third-order valence-electron chi connectivity index (χ3n) is 5.64. The van der Waals surface area contributed by atoms with Gasteiger partial charge in [0.2, 0.25) is 17.7 Å². The molecule has 150 valence electrons. The van der Waals surface area contributed by atoms with Crippen LogP contribution in [-0.2, 0) is 9.53 Å². The lowest BCUT2D eigenvalue weighted by Crippen LogP contribution is -2.69. The number of ether oxygens (including phenoxy) is 2. The van der Waals surface area contributed by atoms with Gasteiger partial charge in [0, 0.05) is 26.1 Å². The number of aromatic nitrogens is 2. The molecule has 0 radical (unpaired) electrons. The molecule has 9 heteroatoms. The molecule has 2 saturated heterocycles. The summed E-state index contributed by atoms with van der Waals surface area (Å²) < 4.78 is 24.5. The summed E-state index contributed by atoms with van der Waals surface area (Å²) in [5, 5.41) is 14.0. The van der Waals surface area contributed by atoms with Crippen LogP contribution in [0, 0.1) is 5.82 Å². The van der Waals surface area contributed by atoms with E-state index >= 15 is 0 Å². The number of hydrogen-bond acceptors (Lipinski definition) is 7. The predicted molar refractivity (Wildman–Crippen MR) is 96.1 cm³/mol. The van der Waals surface area contributed by atoms with Gasteiger partial charge in [0.1, 0.15) is 6.10 Å². The number of carbonyl (C=O) groups is 1. The van der Waals surface area contributed by atoms with Crippen LogP contribution >= 0.6 is 0 Å². The van der Waals surface area contributed by atoms with Gasteiger partial charge in [-0.1, -0.05) is 6.92 Å². The number of carbonyl (C=O) groups excluding carboxylic acids is 1. The summed E-state index contributed by atoms with van der Waals surface area (Å²) in [6, 6.07) is 0. The van der Waals surface area contributed by atoms with E-state index in [-0.39, 0.29) is 11.8 Å². The van der Waals surface area contributed by atoms with Gasteiger partial charge in [-0.3, -0.25) is 4.79 Å². The van der Waals surface area contributed by atoms with Crippen molar-refractivity contribution in [2.75, 3.05) is 31.7 Å². The Morgan fingerprint density at radius 3 is 2.81 bits per heavy atom. The third kappa shape index (κ3) is 3.70. The highest BCUT2D eigenvalue weighted by atomic mass is 19.1. The molecule has 27 heavy (non-hydrogen) atoms. The molecule has 0 aromatic carbocycles. The van der Waals surface area contributed by atoms with Gasteiger partial charge >= 0.3 is 0 Å². The molecule has 3 heterocycles. The molecule has 2 aliphatic rings. The SMILES string of the molecule is CCC(=O)N[C@]1(C)CCOC2(CCN(c3ncc(F)c(OC)n3)CC2)[C@H]1O. The summed E-state index contributed by atoms with van der Waals surface area (Å²) >= 11 is 0. The van der Waals surface area contributed by atoms with Crippen LogP contribution in [0.25, 0.3) is 0 Å². The maximum atomic E-state index is 13.5. The summed E-state index contributed by atoms with van der Waals surface area (Å²) in [6.07, 6.45) is 2.30. The molecule has 0 unspecified atom stereocenters. The van der Waals surface area contributed by atoms with E-state index in [4.69, 9.17) is 9.47 Å². The Hall–Kier alpha value is -2.00. The summed E-state index contributed by atoms with van der Waals surface area (Å²) in [5.41, 5.74) is -1.45. The molecule has 0 bridgehead atoms. The first-order valence-corrected chi connectivity index (χ1v) is 9.28. The zero-order valence-corrected chi connectivity index (χ0v) is 16.0. The minimum absolute atomic E-state index is 0.0853. The zero-order valence-electron chi connectivity index (χ0n) is 16.0. The van der Waals surface area contributed by atoms with Gasteiger partial charge in [0.15, 0.2) is 0 Å². The molecule has 2 fully saturated rings. The van der Waals surface area contributed by atoms with Gasteiger partial charge in [-0.2, -0.15) is 9.37 Å². The second kappa shape index (κ2) is 7.55. The first-order chi connectivity index (χ1) is 12.8. The van der Waals surface area contributed by atoms with Crippen molar-refractivity contribution < 1.29 is 23.8 Å². The van der Waals surface area contributed by atoms with Crippen molar-refractivity contribution in [2.45, 2.75) is 56.8 Å². The number of aliphatic hydroxyl groups excluding tert-OH is 1. The molecule has 2 atom stereocenters. The number of piperidine rings is 1. The monoisotopic (exact) mass is 382 g/mol. The molecule has 1 aromatic heterocycles. The Kier molecular flexibility index (Phi) is 5.53. The standard InChI is InChI=1S/C18H27FN4O4/c1-4-13(24)22-17(2)7-10-27-18(15(17)25)5-8-23(9-6-18)16-20-11-12(19)14(21-16)26-3/h11,15,25H,4-10H2,1-3H3,(H,22,24)/t15-,17+/m0/s1. The van der Waals surface area contributed by atoms with Crippen molar-refractivity contribution in [3.05, 3.63) is 12.0 Å². The lowest BCUT2D eigenvalue weighted by molar-refractivity contribution is -0.198.